The molecule has 0 radical (unpaired) electrons. The van der Waals surface area contributed by atoms with Gasteiger partial charge in [0.05, 0.1) is 6.61 Å². The average Bonchev–Trinajstić information content (AvgIpc) is 2.23. The molecule has 0 aliphatic carbocycles. The minimum atomic E-state index is -0.400. The van der Waals surface area contributed by atoms with E-state index in [1.807, 2.05) is 26.8 Å². The summed E-state index contributed by atoms with van der Waals surface area (Å²) >= 11 is 0. The molecule has 3 nitrogen and oxygen atoms in total. The zero-order valence-corrected chi connectivity index (χ0v) is 12.3. The van der Waals surface area contributed by atoms with E-state index in [-0.39, 0.29) is 12.6 Å². The van der Waals surface area contributed by atoms with Crippen LogP contribution in [0.4, 0.5) is 0 Å². The van der Waals surface area contributed by atoms with Crippen LogP contribution in [0.3, 0.4) is 0 Å². The zero-order chi connectivity index (χ0) is 14.0. The van der Waals surface area contributed by atoms with E-state index in [1.54, 1.807) is 0 Å². The van der Waals surface area contributed by atoms with Gasteiger partial charge in [0.2, 0.25) is 0 Å². The molecule has 0 aromatic rings. The molecule has 0 atom stereocenters. The van der Waals surface area contributed by atoms with Gasteiger partial charge in [0.1, 0.15) is 5.60 Å². The predicted molar refractivity (Wildman–Crippen MR) is 74.4 cm³/mol. The Morgan fingerprint density at radius 1 is 1.17 bits per heavy atom. The Morgan fingerprint density at radius 2 is 1.78 bits per heavy atom. The molecule has 0 heterocycles. The third kappa shape index (κ3) is 10.3. The van der Waals surface area contributed by atoms with Crippen LogP contribution in [0.15, 0.2) is 11.6 Å². The van der Waals surface area contributed by atoms with E-state index in [4.69, 9.17) is 9.84 Å². The summed E-state index contributed by atoms with van der Waals surface area (Å²) in [6.45, 7) is 7.87. The van der Waals surface area contributed by atoms with Crippen molar-refractivity contribution in [3.05, 3.63) is 11.6 Å². The van der Waals surface area contributed by atoms with Crippen LogP contribution in [-0.2, 0) is 9.53 Å². The van der Waals surface area contributed by atoms with E-state index in [1.165, 1.54) is 5.57 Å². The number of unbranched alkanes of at least 4 members (excludes halogenated alkanes) is 1. The lowest BCUT2D eigenvalue weighted by Gasteiger charge is -2.19. The summed E-state index contributed by atoms with van der Waals surface area (Å²) in [6.07, 6.45) is 7.29. The number of esters is 1. The van der Waals surface area contributed by atoms with Crippen molar-refractivity contribution in [1.82, 2.24) is 0 Å². The molecular weight excluding hydrogens is 228 g/mol. The maximum atomic E-state index is 11.5. The predicted octanol–water partition coefficient (Wildman–Crippen LogP) is 3.61. The molecule has 0 saturated carbocycles. The van der Waals surface area contributed by atoms with Crippen LogP contribution in [0.1, 0.15) is 66.2 Å². The fraction of sp³-hybridized carbons (Fsp3) is 0.800. The normalized spacial score (nSPS) is 12.6. The largest absolute Gasteiger partial charge is 0.460 e. The molecule has 106 valence electrons. The van der Waals surface area contributed by atoms with Gasteiger partial charge in [-0.3, -0.25) is 4.79 Å². The van der Waals surface area contributed by atoms with Crippen molar-refractivity contribution in [2.75, 3.05) is 6.61 Å². The molecule has 0 rings (SSSR count). The quantitative estimate of drug-likeness (QED) is 0.533. The highest BCUT2D eigenvalue weighted by atomic mass is 16.6. The maximum Gasteiger partial charge on any atom is 0.306 e. The summed E-state index contributed by atoms with van der Waals surface area (Å²) in [5, 5.41) is 8.93. The second kappa shape index (κ2) is 9.15. The highest BCUT2D eigenvalue weighted by molar-refractivity contribution is 5.69. The van der Waals surface area contributed by atoms with Crippen LogP contribution < -0.4 is 0 Å². The molecule has 1 N–H and O–H groups in total. The number of aliphatic hydroxyl groups excluding tert-OH is 1. The minimum absolute atomic E-state index is 0.0888. The van der Waals surface area contributed by atoms with Gasteiger partial charge in [-0.2, -0.15) is 0 Å². The standard InChI is InChI=1S/C15H28O3/c1-5-6-8-13(11-12-16)9-7-10-14(17)18-15(2,3)4/h11,16H,5-10,12H2,1-4H3/b13-11+. The molecule has 0 bridgehead atoms. The van der Waals surface area contributed by atoms with Gasteiger partial charge < -0.3 is 9.84 Å². The van der Waals surface area contributed by atoms with Gasteiger partial charge in [-0.25, -0.2) is 0 Å². The monoisotopic (exact) mass is 256 g/mol. The summed E-state index contributed by atoms with van der Waals surface area (Å²) in [5.74, 6) is -0.138. The minimum Gasteiger partial charge on any atom is -0.460 e. The van der Waals surface area contributed by atoms with Crippen LogP contribution in [0.2, 0.25) is 0 Å². The lowest BCUT2D eigenvalue weighted by molar-refractivity contribution is -0.154. The van der Waals surface area contributed by atoms with Crippen molar-refractivity contribution in [3.63, 3.8) is 0 Å². The van der Waals surface area contributed by atoms with Gasteiger partial charge in [0, 0.05) is 6.42 Å². The molecule has 0 aromatic carbocycles. The number of rotatable bonds is 8. The molecule has 0 saturated heterocycles. The Hall–Kier alpha value is -0.830. The topological polar surface area (TPSA) is 46.5 Å². The Bertz CT molecular complexity index is 261. The zero-order valence-electron chi connectivity index (χ0n) is 12.3. The van der Waals surface area contributed by atoms with Crippen molar-refractivity contribution in [2.24, 2.45) is 0 Å². The van der Waals surface area contributed by atoms with Crippen molar-refractivity contribution in [1.29, 1.82) is 0 Å². The summed E-state index contributed by atoms with van der Waals surface area (Å²) < 4.78 is 5.25. The molecule has 3 heteroatoms. The first-order valence-corrected chi connectivity index (χ1v) is 6.89. The number of carbonyl (C=O) groups excluding carboxylic acids is 1. The smallest absolute Gasteiger partial charge is 0.306 e. The van der Waals surface area contributed by atoms with Crippen LogP contribution in [0, 0.1) is 0 Å². The van der Waals surface area contributed by atoms with E-state index in [9.17, 15) is 4.79 Å². The third-order valence-corrected chi connectivity index (χ3v) is 2.53. The molecule has 0 spiro atoms. The van der Waals surface area contributed by atoms with E-state index in [0.717, 1.165) is 32.1 Å². The first-order valence-electron chi connectivity index (χ1n) is 6.89. The first-order chi connectivity index (χ1) is 8.39. The molecule has 0 unspecified atom stereocenters. The lowest BCUT2D eigenvalue weighted by Crippen LogP contribution is -2.23. The first kappa shape index (κ1) is 17.2. The van der Waals surface area contributed by atoms with E-state index < -0.39 is 5.60 Å². The van der Waals surface area contributed by atoms with Gasteiger partial charge in [-0.15, -0.1) is 0 Å². The van der Waals surface area contributed by atoms with Gasteiger partial charge in [0.15, 0.2) is 0 Å². The second-order valence-electron chi connectivity index (χ2n) is 5.59. The number of allylic oxidation sites excluding steroid dienone is 1. The lowest BCUT2D eigenvalue weighted by atomic mass is 10.0. The molecule has 18 heavy (non-hydrogen) atoms. The van der Waals surface area contributed by atoms with Crippen LogP contribution in [-0.4, -0.2) is 23.3 Å². The summed E-state index contributed by atoms with van der Waals surface area (Å²) in [4.78, 5) is 11.5. The number of ether oxygens (including phenoxy) is 1. The molecule has 0 aliphatic rings. The molecule has 0 aromatic heterocycles. The van der Waals surface area contributed by atoms with Gasteiger partial charge in [-0.05, 0) is 46.5 Å². The molecular formula is C15H28O3. The SMILES string of the molecule is CCCC/C(=C\CO)CCCC(=O)OC(C)(C)C. The highest BCUT2D eigenvalue weighted by Crippen LogP contribution is 2.16. The second-order valence-corrected chi connectivity index (χ2v) is 5.59. The van der Waals surface area contributed by atoms with Crippen LogP contribution in [0.25, 0.3) is 0 Å². The van der Waals surface area contributed by atoms with Gasteiger partial charge >= 0.3 is 5.97 Å². The summed E-state index contributed by atoms with van der Waals surface area (Å²) in [7, 11) is 0. The number of carbonyl (C=O) groups is 1. The highest BCUT2D eigenvalue weighted by Gasteiger charge is 2.15. The molecule has 0 fully saturated rings. The van der Waals surface area contributed by atoms with Crippen LogP contribution in [0.5, 0.6) is 0 Å². The number of aliphatic hydroxyl groups is 1. The van der Waals surface area contributed by atoms with Crippen molar-refractivity contribution < 1.29 is 14.6 Å². The van der Waals surface area contributed by atoms with Gasteiger partial charge in [-0.1, -0.05) is 25.0 Å². The Balaban J connectivity index is 3.92. The van der Waals surface area contributed by atoms with Crippen LogP contribution >= 0.6 is 0 Å². The Kier molecular flexibility index (Phi) is 8.73. The summed E-state index contributed by atoms with van der Waals surface area (Å²) in [5.41, 5.74) is 0.853. The number of hydrogen-bond donors (Lipinski definition) is 1. The fourth-order valence-electron chi connectivity index (χ4n) is 1.71. The Morgan fingerprint density at radius 3 is 2.28 bits per heavy atom. The van der Waals surface area contributed by atoms with E-state index in [2.05, 4.69) is 6.92 Å². The molecule has 0 aliphatic heterocycles. The van der Waals surface area contributed by atoms with Gasteiger partial charge in [0.25, 0.3) is 0 Å². The third-order valence-electron chi connectivity index (χ3n) is 2.53. The summed E-state index contributed by atoms with van der Waals surface area (Å²) in [6, 6.07) is 0. The van der Waals surface area contributed by atoms with Crippen molar-refractivity contribution in [2.45, 2.75) is 71.8 Å². The maximum absolute atomic E-state index is 11.5. The van der Waals surface area contributed by atoms with E-state index >= 15 is 0 Å². The van der Waals surface area contributed by atoms with Crippen molar-refractivity contribution in [3.8, 4) is 0 Å². The van der Waals surface area contributed by atoms with Crippen molar-refractivity contribution >= 4 is 5.97 Å². The molecule has 0 amide bonds. The fourth-order valence-corrected chi connectivity index (χ4v) is 1.71. The number of hydrogen-bond acceptors (Lipinski definition) is 3. The average molecular weight is 256 g/mol. The van der Waals surface area contributed by atoms with E-state index in [0.29, 0.717) is 6.42 Å². The Labute approximate surface area is 111 Å².